The van der Waals surface area contributed by atoms with Crippen LogP contribution in [0.5, 0.6) is 0 Å². The molecule has 1 atom stereocenters. The van der Waals surface area contributed by atoms with Crippen molar-refractivity contribution in [3.05, 3.63) is 39.4 Å². The maximum absolute atomic E-state index is 11.9. The number of nitro benzene ring substituents is 1. The smallest absolute Gasteiger partial charge is 0.282 e. The fourth-order valence-corrected chi connectivity index (χ4v) is 1.56. The van der Waals surface area contributed by atoms with E-state index < -0.39 is 10.8 Å². The maximum Gasteiger partial charge on any atom is 0.282 e. The summed E-state index contributed by atoms with van der Waals surface area (Å²) in [6.45, 7) is 3.45. The number of hydrogen-bond acceptors (Lipinski definition) is 4. The first-order chi connectivity index (χ1) is 8.45. The maximum atomic E-state index is 11.9. The molecule has 6 nitrogen and oxygen atoms in total. The van der Waals surface area contributed by atoms with Crippen molar-refractivity contribution in [2.45, 2.75) is 26.3 Å². The first-order valence-electron chi connectivity index (χ1n) is 5.62. The van der Waals surface area contributed by atoms with Crippen LogP contribution < -0.4 is 5.32 Å². The lowest BCUT2D eigenvalue weighted by atomic mass is 10.1. The molecule has 0 aliphatic heterocycles. The molecule has 1 rings (SSSR count). The molecule has 0 aromatic heterocycles. The van der Waals surface area contributed by atoms with Gasteiger partial charge in [0.15, 0.2) is 0 Å². The molecule has 6 heteroatoms. The zero-order valence-electron chi connectivity index (χ0n) is 10.3. The van der Waals surface area contributed by atoms with Crippen LogP contribution in [0.4, 0.5) is 5.69 Å². The number of rotatable bonds is 5. The molecule has 0 saturated heterocycles. The number of aliphatic hydroxyl groups excluding tert-OH is 1. The van der Waals surface area contributed by atoms with E-state index in [1.165, 1.54) is 12.1 Å². The first-order valence-corrected chi connectivity index (χ1v) is 5.62. The van der Waals surface area contributed by atoms with E-state index in [0.29, 0.717) is 6.42 Å². The van der Waals surface area contributed by atoms with Gasteiger partial charge in [0, 0.05) is 18.7 Å². The Labute approximate surface area is 105 Å². The van der Waals surface area contributed by atoms with Gasteiger partial charge in [0.05, 0.1) is 4.92 Å². The van der Waals surface area contributed by atoms with Crippen LogP contribution in [0.1, 0.15) is 29.3 Å². The number of benzene rings is 1. The van der Waals surface area contributed by atoms with Crippen molar-refractivity contribution >= 4 is 11.6 Å². The van der Waals surface area contributed by atoms with Crippen LogP contribution in [0.25, 0.3) is 0 Å². The minimum Gasteiger partial charge on any atom is -0.396 e. The predicted octanol–water partition coefficient (Wildman–Crippen LogP) is 1.40. The molecule has 0 fully saturated rings. The molecule has 98 valence electrons. The normalized spacial score (nSPS) is 11.9. The van der Waals surface area contributed by atoms with Gasteiger partial charge in [-0.15, -0.1) is 0 Å². The Morgan fingerprint density at radius 3 is 2.78 bits per heavy atom. The average molecular weight is 252 g/mol. The standard InChI is InChI=1S/C12H16N2O4/c1-8-3-4-11(14(17)18)10(7-8)12(16)13-9(2)5-6-15/h3-4,7,9,15H,5-6H2,1-2H3,(H,13,16). The minimum atomic E-state index is -0.578. The second kappa shape index (κ2) is 6.11. The van der Waals surface area contributed by atoms with Crippen molar-refractivity contribution in [1.29, 1.82) is 0 Å². The van der Waals surface area contributed by atoms with Crippen LogP contribution in [0.2, 0.25) is 0 Å². The summed E-state index contributed by atoms with van der Waals surface area (Å²) in [5, 5.41) is 22.2. The number of nitrogens with zero attached hydrogens (tertiary/aromatic N) is 1. The minimum absolute atomic E-state index is 0.0443. The highest BCUT2D eigenvalue weighted by Gasteiger charge is 2.20. The number of carbonyl (C=O) groups is 1. The van der Waals surface area contributed by atoms with Gasteiger partial charge in [-0.2, -0.15) is 0 Å². The third-order valence-electron chi connectivity index (χ3n) is 2.53. The molecule has 2 N–H and O–H groups in total. The van der Waals surface area contributed by atoms with Gasteiger partial charge in [-0.05, 0) is 31.9 Å². The van der Waals surface area contributed by atoms with Crippen molar-refractivity contribution in [2.24, 2.45) is 0 Å². The summed E-state index contributed by atoms with van der Waals surface area (Å²) < 4.78 is 0. The van der Waals surface area contributed by atoms with E-state index in [1.54, 1.807) is 19.9 Å². The molecule has 0 spiro atoms. The summed E-state index contributed by atoms with van der Waals surface area (Å²) in [5.41, 5.74) is 0.611. The molecule has 1 aromatic carbocycles. The van der Waals surface area contributed by atoms with E-state index in [9.17, 15) is 14.9 Å². The predicted molar refractivity (Wildman–Crippen MR) is 66.5 cm³/mol. The van der Waals surface area contributed by atoms with Crippen LogP contribution in [0, 0.1) is 17.0 Å². The molecule has 0 aliphatic rings. The Balaban J connectivity index is 2.97. The number of carbonyl (C=O) groups excluding carboxylic acids is 1. The van der Waals surface area contributed by atoms with Crippen LogP contribution in [0.3, 0.4) is 0 Å². The lowest BCUT2D eigenvalue weighted by molar-refractivity contribution is -0.385. The topological polar surface area (TPSA) is 92.5 Å². The van der Waals surface area contributed by atoms with Crippen molar-refractivity contribution in [3.63, 3.8) is 0 Å². The third-order valence-corrected chi connectivity index (χ3v) is 2.53. The molecule has 0 aliphatic carbocycles. The van der Waals surface area contributed by atoms with Gasteiger partial charge in [-0.1, -0.05) is 6.07 Å². The number of nitrogens with one attached hydrogen (secondary N) is 1. The highest BCUT2D eigenvalue weighted by Crippen LogP contribution is 2.19. The Morgan fingerprint density at radius 1 is 1.56 bits per heavy atom. The largest absolute Gasteiger partial charge is 0.396 e. The Morgan fingerprint density at radius 2 is 2.22 bits per heavy atom. The summed E-state index contributed by atoms with van der Waals surface area (Å²) in [5.74, 6) is -0.494. The Bertz CT molecular complexity index is 459. The molecule has 0 radical (unpaired) electrons. The van der Waals surface area contributed by atoms with Crippen molar-refractivity contribution in [2.75, 3.05) is 6.61 Å². The Hall–Kier alpha value is -1.95. The number of amides is 1. The highest BCUT2D eigenvalue weighted by molar-refractivity contribution is 5.98. The van der Waals surface area contributed by atoms with Gasteiger partial charge in [-0.25, -0.2) is 0 Å². The average Bonchev–Trinajstić information content (AvgIpc) is 2.28. The molecule has 0 heterocycles. The van der Waals surface area contributed by atoms with E-state index in [0.717, 1.165) is 5.56 Å². The van der Waals surface area contributed by atoms with Gasteiger partial charge in [0.2, 0.25) is 0 Å². The van der Waals surface area contributed by atoms with E-state index in [4.69, 9.17) is 5.11 Å². The molecule has 18 heavy (non-hydrogen) atoms. The van der Waals surface area contributed by atoms with Gasteiger partial charge in [-0.3, -0.25) is 14.9 Å². The molecule has 0 bridgehead atoms. The second-order valence-electron chi connectivity index (χ2n) is 4.16. The van der Waals surface area contributed by atoms with Crippen LogP contribution in [0.15, 0.2) is 18.2 Å². The summed E-state index contributed by atoms with van der Waals surface area (Å²) in [6, 6.07) is 4.16. The molecular weight excluding hydrogens is 236 g/mol. The quantitative estimate of drug-likeness (QED) is 0.612. The number of nitro groups is 1. The summed E-state index contributed by atoms with van der Waals surface area (Å²) >= 11 is 0. The fraction of sp³-hybridized carbons (Fsp3) is 0.417. The molecule has 1 unspecified atom stereocenters. The lowest BCUT2D eigenvalue weighted by Crippen LogP contribution is -2.33. The number of hydrogen-bond donors (Lipinski definition) is 2. The number of aryl methyl sites for hydroxylation is 1. The van der Waals surface area contributed by atoms with Crippen molar-refractivity contribution in [3.8, 4) is 0 Å². The molecule has 0 saturated carbocycles. The first kappa shape index (κ1) is 14.1. The van der Waals surface area contributed by atoms with Gasteiger partial charge in [0.1, 0.15) is 5.56 Å². The molecular formula is C12H16N2O4. The SMILES string of the molecule is Cc1ccc([N+](=O)[O-])c(C(=O)NC(C)CCO)c1. The summed E-state index contributed by atoms with van der Waals surface area (Å²) in [4.78, 5) is 22.2. The summed E-state index contributed by atoms with van der Waals surface area (Å²) in [6.07, 6.45) is 0.408. The molecule has 1 aromatic rings. The van der Waals surface area contributed by atoms with Crippen molar-refractivity contribution < 1.29 is 14.8 Å². The highest BCUT2D eigenvalue weighted by atomic mass is 16.6. The Kier molecular flexibility index (Phi) is 4.79. The van der Waals surface area contributed by atoms with E-state index in [-0.39, 0.29) is 23.9 Å². The summed E-state index contributed by atoms with van der Waals surface area (Å²) in [7, 11) is 0. The van der Waals surface area contributed by atoms with E-state index in [2.05, 4.69) is 5.32 Å². The zero-order chi connectivity index (χ0) is 13.7. The van der Waals surface area contributed by atoms with Crippen molar-refractivity contribution in [1.82, 2.24) is 5.32 Å². The zero-order valence-corrected chi connectivity index (χ0v) is 10.3. The van der Waals surface area contributed by atoms with Gasteiger partial charge < -0.3 is 10.4 Å². The van der Waals surface area contributed by atoms with Gasteiger partial charge >= 0.3 is 0 Å². The van der Waals surface area contributed by atoms with Crippen LogP contribution in [-0.2, 0) is 0 Å². The van der Waals surface area contributed by atoms with E-state index >= 15 is 0 Å². The number of aliphatic hydroxyl groups is 1. The van der Waals surface area contributed by atoms with Crippen LogP contribution >= 0.6 is 0 Å². The third kappa shape index (κ3) is 3.53. The lowest BCUT2D eigenvalue weighted by Gasteiger charge is -2.12. The van der Waals surface area contributed by atoms with Gasteiger partial charge in [0.25, 0.3) is 11.6 Å². The van der Waals surface area contributed by atoms with E-state index in [1.807, 2.05) is 0 Å². The molecule has 1 amide bonds. The fourth-order valence-electron chi connectivity index (χ4n) is 1.56. The monoisotopic (exact) mass is 252 g/mol. The second-order valence-corrected chi connectivity index (χ2v) is 4.16. The van der Waals surface area contributed by atoms with Crippen LogP contribution in [-0.4, -0.2) is 28.6 Å².